The summed E-state index contributed by atoms with van der Waals surface area (Å²) in [5.41, 5.74) is 1.20. The second-order valence-corrected chi connectivity index (χ2v) is 24.6. The smallest absolute Gasteiger partial charge is 0.219 e. The zero-order valence-corrected chi connectivity index (χ0v) is 41.3. The third kappa shape index (κ3) is 15.7. The van der Waals surface area contributed by atoms with E-state index in [1.165, 1.54) is 24.3 Å². The molecule has 1 amide bonds. The Kier molecular flexibility index (Phi) is 18.5. The Hall–Kier alpha value is -3.61. The van der Waals surface area contributed by atoms with Crippen LogP contribution in [0.15, 0.2) is 82.3 Å². The average Bonchev–Trinajstić information content (AvgIpc) is 3.54. The number of hydrogen-bond acceptors (Lipinski definition) is 17. The number of hydrogen-bond donors (Lipinski definition) is 1. The highest BCUT2D eigenvalue weighted by atomic mass is 32.2. The number of carbonyl (C=O) groups excluding carboxylic acids is 1. The molecule has 19 nitrogen and oxygen atoms in total. The minimum absolute atomic E-state index is 0.0238. The molecule has 0 spiro atoms. The molecule has 0 bridgehead atoms. The van der Waals surface area contributed by atoms with Gasteiger partial charge in [-0.15, -0.1) is 0 Å². The Labute approximate surface area is 388 Å². The van der Waals surface area contributed by atoms with E-state index in [9.17, 15) is 66.1 Å². The fourth-order valence-electron chi connectivity index (χ4n) is 8.29. The van der Waals surface area contributed by atoms with E-state index in [0.717, 1.165) is 31.6 Å². The molecule has 0 radical (unpaired) electrons. The summed E-state index contributed by atoms with van der Waals surface area (Å²) in [7, 11) is -22.6. The maximum Gasteiger partial charge on any atom is 0.219 e. The zero-order valence-electron chi connectivity index (χ0n) is 37.2. The molecule has 2 atom stereocenters. The summed E-state index contributed by atoms with van der Waals surface area (Å²) >= 11 is 0. The van der Waals surface area contributed by atoms with Crippen LogP contribution in [-0.4, -0.2) is 112 Å². The minimum atomic E-state index is -4.91. The number of allylic oxidation sites excluding steroid dienone is 6. The highest BCUT2D eigenvalue weighted by Gasteiger charge is 2.45. The van der Waals surface area contributed by atoms with Crippen LogP contribution in [0.25, 0.3) is 0 Å². The highest BCUT2D eigenvalue weighted by molar-refractivity contribution is 7.86. The van der Waals surface area contributed by atoms with Gasteiger partial charge in [-0.3, -0.25) is 4.79 Å². The lowest BCUT2D eigenvalue weighted by Crippen LogP contribution is -2.30. The van der Waals surface area contributed by atoms with Crippen molar-refractivity contribution in [2.75, 3.05) is 49.3 Å². The topological polar surface area (TPSA) is 314 Å². The molecule has 2 unspecified atom stereocenters. The van der Waals surface area contributed by atoms with Crippen LogP contribution in [0.2, 0.25) is 0 Å². The number of carbonyl (C=O) groups is 1. The second kappa shape index (κ2) is 22.2. The molecule has 2 aliphatic heterocycles. The minimum Gasteiger partial charge on any atom is -0.779 e. The number of nitrogens with one attached hydrogen (secondary N) is 1. The summed E-state index contributed by atoms with van der Waals surface area (Å²) in [4.78, 5) is 24.7. The highest BCUT2D eigenvalue weighted by Crippen LogP contribution is 2.51. The molecule has 24 heteroatoms. The van der Waals surface area contributed by atoms with Crippen molar-refractivity contribution >= 4 is 71.1 Å². The summed E-state index contributed by atoms with van der Waals surface area (Å²) in [5.74, 6) is -1.52. The van der Waals surface area contributed by atoms with Gasteiger partial charge in [0.15, 0.2) is 5.71 Å². The van der Waals surface area contributed by atoms with Gasteiger partial charge in [-0.25, -0.2) is 33.7 Å². The van der Waals surface area contributed by atoms with E-state index in [1.807, 2.05) is 6.92 Å². The van der Waals surface area contributed by atoms with Gasteiger partial charge in [-0.1, -0.05) is 37.5 Å². The fraction of sp³-hybridized carbons (Fsp3) is 0.524. The normalized spacial score (nSPS) is 19.2. The molecule has 1 N–H and O–H groups in total. The van der Waals surface area contributed by atoms with Crippen LogP contribution in [0.4, 0.5) is 11.4 Å². The zero-order chi connectivity index (χ0) is 49.4. The summed E-state index contributed by atoms with van der Waals surface area (Å²) in [6, 6.07) is 7.76. The molecule has 4 rings (SSSR count). The predicted octanol–water partition coefficient (Wildman–Crippen LogP) is 3.95. The fourth-order valence-corrected chi connectivity index (χ4v) is 10.7. The van der Waals surface area contributed by atoms with Gasteiger partial charge in [-0.05, 0) is 94.8 Å². The Morgan fingerprint density at radius 3 is 2.00 bits per heavy atom. The lowest BCUT2D eigenvalue weighted by Gasteiger charge is -2.30. The molecule has 0 saturated heterocycles. The molecule has 368 valence electrons. The largest absolute Gasteiger partial charge is 0.779 e. The third-order valence-corrected chi connectivity index (χ3v) is 15.4. The molecule has 66 heavy (non-hydrogen) atoms. The van der Waals surface area contributed by atoms with E-state index in [1.54, 1.807) is 53.7 Å². The Bertz CT molecular complexity index is 2750. The lowest BCUT2D eigenvalue weighted by atomic mass is 9.77. The third-order valence-electron chi connectivity index (χ3n) is 11.5. The van der Waals surface area contributed by atoms with Crippen LogP contribution in [-0.2, 0) is 65.2 Å². The molecule has 0 saturated carbocycles. The number of fused-ring (bicyclic) bond motifs is 2. The van der Waals surface area contributed by atoms with Crippen LogP contribution >= 0.6 is 7.60 Å². The summed E-state index contributed by atoms with van der Waals surface area (Å²) in [6.45, 7) is 7.03. The first-order valence-electron chi connectivity index (χ1n) is 21.2. The van der Waals surface area contributed by atoms with Gasteiger partial charge in [0, 0.05) is 78.6 Å². The Morgan fingerprint density at radius 2 is 1.38 bits per heavy atom. The molecule has 0 aromatic heterocycles. The van der Waals surface area contributed by atoms with Gasteiger partial charge in [0.25, 0.3) is 0 Å². The summed E-state index contributed by atoms with van der Waals surface area (Å²) < 4.78 is 159. The number of unbranched alkanes of at least 4 members (excludes halogenated alkanes) is 4. The average molecular weight is 1020 g/mol. The molecule has 0 fully saturated rings. The van der Waals surface area contributed by atoms with Crippen molar-refractivity contribution in [2.45, 2.75) is 106 Å². The van der Waals surface area contributed by atoms with Crippen molar-refractivity contribution in [3.05, 3.63) is 83.6 Å². The first kappa shape index (κ1) is 55.0. The van der Waals surface area contributed by atoms with E-state index >= 15 is 0 Å². The second-order valence-electron chi connectivity index (χ2n) is 17.0. The standard InChI is InChI=1S/C42H60N3O16PS4/c1-41(2)34-30-32(65(55,56)57)19-21-36(34)44(25-14-28-63(49,50)51)38(41)16-8-7-9-17-39-42(3,23-11-10-18-40(46)43-24-12-5-6-13-27-61-62(4,47)48)35-31-33(66(58,59)60)20-22-37(35)45(39)26-15-29-64(52,53)54/h7-9,16-17,19-22,30-31H,5-6,10-15,18,23-29H2,1-4H3,(H5-,43,46,47,48,49,50,51,52,53,54,55,56,57,58,59,60)/p-4. The van der Waals surface area contributed by atoms with Crippen molar-refractivity contribution in [3.8, 4) is 0 Å². The first-order chi connectivity index (χ1) is 30.4. The van der Waals surface area contributed by atoms with Crippen molar-refractivity contribution in [1.82, 2.24) is 5.32 Å². The van der Waals surface area contributed by atoms with Gasteiger partial charge < -0.3 is 42.4 Å². The van der Waals surface area contributed by atoms with Crippen molar-refractivity contribution in [3.63, 3.8) is 0 Å². The molecular weight excluding hydrogens is 962 g/mol. The molecule has 2 heterocycles. The predicted molar refractivity (Wildman–Crippen MR) is 240 cm³/mol. The molecular formula is C42H56N3O16PS4-4. The lowest BCUT2D eigenvalue weighted by molar-refractivity contribution is -0.437. The van der Waals surface area contributed by atoms with Gasteiger partial charge >= 0.3 is 0 Å². The van der Waals surface area contributed by atoms with Gasteiger partial charge in [0.2, 0.25) is 11.6 Å². The van der Waals surface area contributed by atoms with Crippen LogP contribution in [0.3, 0.4) is 0 Å². The van der Waals surface area contributed by atoms with Gasteiger partial charge in [0.05, 0.1) is 42.0 Å². The first-order valence-corrected chi connectivity index (χ1v) is 29.2. The van der Waals surface area contributed by atoms with E-state index < -0.39 is 80.2 Å². The Morgan fingerprint density at radius 1 is 0.773 bits per heavy atom. The SMILES string of the molecule is CC1(C)C(C=CC=CC=C2N(CCCS(=O)(=O)[O-])c3ccc(S(=O)(=O)[O-])cc3C2(C)CCCCC(=O)NCCCCCCOP(C)(=O)[O-])=[N+](CCCS(=O)(=O)[O-])c2ccc(S(=O)(=O)[O-])cc21. The number of amides is 1. The Balaban J connectivity index is 1.62. The maximum absolute atomic E-state index is 12.7. The van der Waals surface area contributed by atoms with Crippen LogP contribution in [0.1, 0.15) is 96.1 Å². The quantitative estimate of drug-likeness (QED) is 0.0458. The number of benzene rings is 2. The van der Waals surface area contributed by atoms with Crippen molar-refractivity contribution in [2.24, 2.45) is 0 Å². The monoisotopic (exact) mass is 1020 g/mol. The number of rotatable bonds is 26. The molecule has 2 aromatic rings. The van der Waals surface area contributed by atoms with Crippen molar-refractivity contribution in [1.29, 1.82) is 0 Å². The van der Waals surface area contributed by atoms with Crippen LogP contribution < -0.4 is 15.1 Å². The van der Waals surface area contributed by atoms with Gasteiger partial charge in [0.1, 0.15) is 34.4 Å². The summed E-state index contributed by atoms with van der Waals surface area (Å²) in [6.07, 6.45) is 12.4. The molecule has 2 aromatic carbocycles. The van der Waals surface area contributed by atoms with Crippen LogP contribution in [0.5, 0.6) is 0 Å². The van der Waals surface area contributed by atoms with E-state index in [-0.39, 0.29) is 44.9 Å². The molecule has 2 aliphatic rings. The van der Waals surface area contributed by atoms with Gasteiger partial charge in [-0.2, -0.15) is 4.58 Å². The number of nitrogens with zero attached hydrogens (tertiary/aromatic N) is 2. The van der Waals surface area contributed by atoms with E-state index in [0.29, 0.717) is 72.6 Å². The maximum atomic E-state index is 12.7. The molecule has 0 aliphatic carbocycles. The summed E-state index contributed by atoms with van der Waals surface area (Å²) in [5, 5.41) is 2.87. The van der Waals surface area contributed by atoms with Crippen LogP contribution in [0, 0.1) is 0 Å². The van der Waals surface area contributed by atoms with E-state index in [2.05, 4.69) is 5.32 Å². The van der Waals surface area contributed by atoms with Crippen molar-refractivity contribution < 1.29 is 75.2 Å². The number of anilines is 1. The van der Waals surface area contributed by atoms with E-state index in [4.69, 9.17) is 4.52 Å².